The molecular weight excluding hydrogens is 309 g/mol. The number of aliphatic hydroxyl groups is 2. The molecule has 0 spiro atoms. The minimum absolute atomic E-state index is 0.424. The Labute approximate surface area is 101 Å². The Hall–Kier alpha value is -0.470. The highest BCUT2D eigenvalue weighted by Gasteiger charge is 2.30. The number of hydrogen-bond acceptors (Lipinski definition) is 5. The molecule has 1 aliphatic heterocycles. The summed E-state index contributed by atoms with van der Waals surface area (Å²) in [6.07, 6.45) is -1.36. The van der Waals surface area contributed by atoms with Crippen molar-refractivity contribution in [3.8, 4) is 0 Å². The molecule has 1 saturated heterocycles. The predicted molar refractivity (Wildman–Crippen MR) is 63.7 cm³/mol. The van der Waals surface area contributed by atoms with Crippen molar-refractivity contribution in [1.29, 1.82) is 0 Å². The molecular formula is C9H12IN3O2. The molecule has 1 aromatic rings. The maximum absolute atomic E-state index is 9.43. The van der Waals surface area contributed by atoms with E-state index in [2.05, 4.69) is 32.6 Å². The van der Waals surface area contributed by atoms with Gasteiger partial charge in [0.25, 0.3) is 0 Å². The molecule has 15 heavy (non-hydrogen) atoms. The molecule has 2 atom stereocenters. The summed E-state index contributed by atoms with van der Waals surface area (Å²) >= 11 is 2.13. The zero-order chi connectivity index (χ0) is 11.0. The molecule has 2 N–H and O–H groups in total. The van der Waals surface area contributed by atoms with Crippen LogP contribution in [0, 0.1) is 10.6 Å². The molecule has 0 bridgehead atoms. The molecule has 82 valence electrons. The van der Waals surface area contributed by atoms with Gasteiger partial charge in [0.2, 0.25) is 0 Å². The first-order valence-corrected chi connectivity index (χ1v) is 5.76. The number of aliphatic hydroxyl groups excluding tert-OH is 2. The van der Waals surface area contributed by atoms with Crippen molar-refractivity contribution in [1.82, 2.24) is 9.97 Å². The number of rotatable bonds is 1. The van der Waals surface area contributed by atoms with E-state index in [0.29, 0.717) is 18.9 Å². The fourth-order valence-electron chi connectivity index (χ4n) is 1.63. The molecule has 0 saturated carbocycles. The lowest BCUT2D eigenvalue weighted by atomic mass is 10.3. The lowest BCUT2D eigenvalue weighted by molar-refractivity contribution is 0.0572. The molecule has 1 unspecified atom stereocenters. The molecule has 1 fully saturated rings. The van der Waals surface area contributed by atoms with Crippen LogP contribution in [0.4, 0.5) is 5.82 Å². The van der Waals surface area contributed by atoms with E-state index >= 15 is 0 Å². The maximum Gasteiger partial charge on any atom is 0.133 e. The van der Waals surface area contributed by atoms with Gasteiger partial charge in [-0.3, -0.25) is 0 Å². The Morgan fingerprint density at radius 2 is 1.93 bits per heavy atom. The summed E-state index contributed by atoms with van der Waals surface area (Å²) in [5.74, 6) is 1.47. The number of aromatic nitrogens is 2. The first-order chi connectivity index (χ1) is 7.06. The van der Waals surface area contributed by atoms with Gasteiger partial charge in [-0.15, -0.1) is 0 Å². The van der Waals surface area contributed by atoms with Crippen molar-refractivity contribution in [2.75, 3.05) is 18.0 Å². The third-order valence-corrected chi connectivity index (χ3v) is 2.93. The molecule has 5 nitrogen and oxygen atoms in total. The minimum atomic E-state index is -0.682. The minimum Gasteiger partial charge on any atom is -0.389 e. The van der Waals surface area contributed by atoms with E-state index in [0.717, 1.165) is 9.52 Å². The van der Waals surface area contributed by atoms with E-state index in [-0.39, 0.29) is 0 Å². The fourth-order valence-corrected chi connectivity index (χ4v) is 2.26. The first-order valence-electron chi connectivity index (χ1n) is 4.68. The highest BCUT2D eigenvalue weighted by molar-refractivity contribution is 14.1. The standard InChI is InChI=1S/C9H12IN3O2/c1-5-11-8(10)2-9(12-5)13-3-6(14)7(15)4-13/h2,6-7,14-15H,3-4H2,1H3/t6-,7?/m0/s1. The highest BCUT2D eigenvalue weighted by atomic mass is 127. The van der Waals surface area contributed by atoms with Crippen molar-refractivity contribution in [2.24, 2.45) is 0 Å². The van der Waals surface area contributed by atoms with Gasteiger partial charge in [-0.05, 0) is 29.5 Å². The Morgan fingerprint density at radius 3 is 2.47 bits per heavy atom. The van der Waals surface area contributed by atoms with Crippen LogP contribution in [0.25, 0.3) is 0 Å². The topological polar surface area (TPSA) is 69.5 Å². The third-order valence-electron chi connectivity index (χ3n) is 2.38. The van der Waals surface area contributed by atoms with E-state index in [1.165, 1.54) is 0 Å². The van der Waals surface area contributed by atoms with Gasteiger partial charge in [0.1, 0.15) is 15.3 Å². The second kappa shape index (κ2) is 4.18. The third kappa shape index (κ3) is 2.37. The maximum atomic E-state index is 9.43. The first kappa shape index (κ1) is 11.0. The van der Waals surface area contributed by atoms with Crippen LogP contribution in [0.2, 0.25) is 0 Å². The highest BCUT2D eigenvalue weighted by Crippen LogP contribution is 2.19. The van der Waals surface area contributed by atoms with E-state index in [1.807, 2.05) is 17.9 Å². The second-order valence-electron chi connectivity index (χ2n) is 3.64. The summed E-state index contributed by atoms with van der Waals surface area (Å²) in [6.45, 7) is 2.68. The molecule has 1 aromatic heterocycles. The lowest BCUT2D eigenvalue weighted by Crippen LogP contribution is -2.22. The van der Waals surface area contributed by atoms with Gasteiger partial charge in [-0.2, -0.15) is 0 Å². The summed E-state index contributed by atoms with van der Waals surface area (Å²) in [4.78, 5) is 10.3. The predicted octanol–water partition coefficient (Wildman–Crippen LogP) is -0.0686. The van der Waals surface area contributed by atoms with Crippen LogP contribution in [-0.4, -0.2) is 45.5 Å². The van der Waals surface area contributed by atoms with Crippen LogP contribution in [0.5, 0.6) is 0 Å². The largest absolute Gasteiger partial charge is 0.389 e. The van der Waals surface area contributed by atoms with E-state index in [1.54, 1.807) is 0 Å². The Bertz CT molecular complexity index is 344. The summed E-state index contributed by atoms with van der Waals surface area (Å²) in [5.41, 5.74) is 0. The number of hydrogen-bond donors (Lipinski definition) is 2. The van der Waals surface area contributed by atoms with Crippen LogP contribution in [0.15, 0.2) is 6.07 Å². The van der Waals surface area contributed by atoms with Crippen LogP contribution in [0.3, 0.4) is 0 Å². The average Bonchev–Trinajstić information content (AvgIpc) is 2.45. The summed E-state index contributed by atoms with van der Waals surface area (Å²) in [5, 5.41) is 18.9. The van der Waals surface area contributed by atoms with Crippen molar-refractivity contribution >= 4 is 28.4 Å². The van der Waals surface area contributed by atoms with Gasteiger partial charge in [0.05, 0.1) is 12.2 Å². The Kier molecular flexibility index (Phi) is 3.08. The molecule has 0 amide bonds. The summed E-state index contributed by atoms with van der Waals surface area (Å²) < 4.78 is 0.867. The van der Waals surface area contributed by atoms with Gasteiger partial charge in [0, 0.05) is 19.2 Å². The van der Waals surface area contributed by atoms with E-state index in [4.69, 9.17) is 0 Å². The zero-order valence-electron chi connectivity index (χ0n) is 8.26. The van der Waals surface area contributed by atoms with Crippen LogP contribution in [0.1, 0.15) is 5.82 Å². The molecule has 0 aromatic carbocycles. The molecule has 0 aliphatic carbocycles. The van der Waals surface area contributed by atoms with E-state index < -0.39 is 12.2 Å². The van der Waals surface area contributed by atoms with Crippen molar-refractivity contribution < 1.29 is 10.2 Å². The molecule has 2 rings (SSSR count). The fraction of sp³-hybridized carbons (Fsp3) is 0.556. The molecule has 2 heterocycles. The molecule has 1 aliphatic rings. The Balaban J connectivity index is 2.23. The van der Waals surface area contributed by atoms with Crippen molar-refractivity contribution in [2.45, 2.75) is 19.1 Å². The van der Waals surface area contributed by atoms with Gasteiger partial charge < -0.3 is 15.1 Å². The monoisotopic (exact) mass is 321 g/mol. The van der Waals surface area contributed by atoms with Gasteiger partial charge >= 0.3 is 0 Å². The summed E-state index contributed by atoms with van der Waals surface area (Å²) in [7, 11) is 0. The van der Waals surface area contributed by atoms with Crippen molar-refractivity contribution in [3.63, 3.8) is 0 Å². The number of anilines is 1. The average molecular weight is 321 g/mol. The molecule has 0 radical (unpaired) electrons. The number of β-amino-alcohol motifs (C(OH)–C–C–N with tert-alkyl or cyclic N) is 2. The van der Waals surface area contributed by atoms with Gasteiger partial charge in [0.15, 0.2) is 0 Å². The summed E-state index contributed by atoms with van der Waals surface area (Å²) in [6, 6.07) is 1.85. The van der Waals surface area contributed by atoms with Gasteiger partial charge in [-0.25, -0.2) is 9.97 Å². The Morgan fingerprint density at radius 1 is 1.33 bits per heavy atom. The van der Waals surface area contributed by atoms with Crippen LogP contribution in [-0.2, 0) is 0 Å². The normalized spacial score (nSPS) is 26.0. The quantitative estimate of drug-likeness (QED) is 0.560. The lowest BCUT2D eigenvalue weighted by Gasteiger charge is -2.16. The number of halogens is 1. The zero-order valence-corrected chi connectivity index (χ0v) is 10.4. The van der Waals surface area contributed by atoms with E-state index in [9.17, 15) is 10.2 Å². The van der Waals surface area contributed by atoms with Crippen LogP contribution < -0.4 is 4.90 Å². The molecule has 6 heteroatoms. The second-order valence-corrected chi connectivity index (χ2v) is 4.74. The number of aryl methyl sites for hydroxylation is 1. The smallest absolute Gasteiger partial charge is 0.133 e. The van der Waals surface area contributed by atoms with Gasteiger partial charge in [-0.1, -0.05) is 0 Å². The van der Waals surface area contributed by atoms with Crippen LogP contribution >= 0.6 is 22.6 Å². The SMILES string of the molecule is Cc1nc(I)cc(N2CC(O)[C@@H](O)C2)n1. The van der Waals surface area contributed by atoms with Crippen molar-refractivity contribution in [3.05, 3.63) is 15.6 Å². The number of nitrogens with zero attached hydrogens (tertiary/aromatic N) is 3.